The first kappa shape index (κ1) is 28.7. The topological polar surface area (TPSA) is 9.86 Å². The molecule has 6 atom stereocenters. The molecule has 5 aromatic rings. The zero-order chi connectivity index (χ0) is 32.5. The molecule has 0 bridgehead atoms. The normalized spacial score (nSPS) is 29.2. The maximum Gasteiger partial charge on any atom is 0.0662 e. The van der Waals surface area contributed by atoms with Crippen LogP contribution >= 0.6 is 0 Å². The van der Waals surface area contributed by atoms with Crippen molar-refractivity contribution in [1.29, 1.82) is 0 Å². The van der Waals surface area contributed by atoms with Gasteiger partial charge in [0, 0.05) is 22.0 Å². The molecule has 4 aliphatic carbocycles. The quantitative estimate of drug-likeness (QED) is 0.189. The molecule has 0 amide bonds. The van der Waals surface area contributed by atoms with Crippen LogP contribution < -0.4 is 0 Å². The summed E-state index contributed by atoms with van der Waals surface area (Å²) in [6.45, 7) is 12.5. The lowest BCUT2D eigenvalue weighted by atomic mass is 9.54. The van der Waals surface area contributed by atoms with E-state index < -0.39 is 0 Å². The molecule has 0 spiro atoms. The van der Waals surface area contributed by atoms with Gasteiger partial charge in [-0.2, -0.15) is 0 Å². The van der Waals surface area contributed by atoms with Crippen molar-refractivity contribution in [2.24, 2.45) is 28.6 Å². The van der Waals surface area contributed by atoms with E-state index in [9.17, 15) is 0 Å². The molecule has 2 aromatic heterocycles. The van der Waals surface area contributed by atoms with E-state index in [1.54, 1.807) is 11.1 Å². The summed E-state index contributed by atoms with van der Waals surface area (Å²) in [6.07, 6.45) is 12.4. The summed E-state index contributed by atoms with van der Waals surface area (Å²) in [6, 6.07) is 35.4. The third kappa shape index (κ3) is 3.81. The molecule has 10 rings (SSSR count). The van der Waals surface area contributed by atoms with Crippen LogP contribution in [0.4, 0.5) is 0 Å². The molecule has 3 heterocycles. The molecule has 240 valence electrons. The van der Waals surface area contributed by atoms with Gasteiger partial charge >= 0.3 is 0 Å². The first-order valence-corrected chi connectivity index (χ1v) is 18.4. The van der Waals surface area contributed by atoms with Crippen molar-refractivity contribution < 1.29 is 0 Å². The molecule has 2 heteroatoms. The third-order valence-electron chi connectivity index (χ3n) is 13.5. The number of hydrogen-bond donors (Lipinski definition) is 0. The second-order valence-electron chi connectivity index (χ2n) is 16.5. The average Bonchev–Trinajstić information content (AvgIpc) is 3.34. The lowest BCUT2D eigenvalue weighted by Gasteiger charge is -2.50. The number of aryl methyl sites for hydroxylation is 1. The van der Waals surface area contributed by atoms with Crippen LogP contribution in [0, 0.1) is 28.6 Å². The zero-order valence-corrected chi connectivity index (χ0v) is 29.0. The van der Waals surface area contributed by atoms with E-state index in [-0.39, 0.29) is 10.8 Å². The maximum absolute atomic E-state index is 2.75. The number of nitrogens with zero attached hydrogens (tertiary/aromatic N) is 2. The van der Waals surface area contributed by atoms with Gasteiger partial charge in [0.1, 0.15) is 0 Å². The minimum absolute atomic E-state index is 0.235. The lowest BCUT2D eigenvalue weighted by molar-refractivity contribution is 0.143. The van der Waals surface area contributed by atoms with E-state index in [1.807, 2.05) is 0 Å². The second kappa shape index (κ2) is 9.88. The molecule has 0 N–H and O–H groups in total. The molecule has 5 aliphatic rings. The predicted octanol–water partition coefficient (Wildman–Crippen LogP) is 12.0. The van der Waals surface area contributed by atoms with Crippen LogP contribution in [0.5, 0.6) is 0 Å². The summed E-state index contributed by atoms with van der Waals surface area (Å²) in [5.41, 5.74) is 16.4. The Labute approximate surface area is 285 Å². The van der Waals surface area contributed by atoms with Crippen molar-refractivity contribution in [3.8, 4) is 22.6 Å². The fraction of sp³-hybridized carbons (Fsp3) is 0.348. The molecule has 3 aromatic carbocycles. The molecule has 48 heavy (non-hydrogen) atoms. The van der Waals surface area contributed by atoms with Gasteiger partial charge in [0.05, 0.1) is 23.5 Å². The van der Waals surface area contributed by atoms with Crippen LogP contribution in [0.1, 0.15) is 82.7 Å². The van der Waals surface area contributed by atoms with E-state index in [0.717, 1.165) is 6.42 Å². The van der Waals surface area contributed by atoms with Crippen molar-refractivity contribution in [1.82, 2.24) is 9.13 Å². The number of benzene rings is 3. The number of fused-ring (bicyclic) bond motifs is 12. The first-order valence-electron chi connectivity index (χ1n) is 18.4. The maximum atomic E-state index is 2.75. The standard InChI is InChI=1S/C46H46N2/c1-6-46(5)43-44(46)48-40-25-33-24-37-32(27-45(3,4)42-28(2)35(19-20-36(37)42)29-13-9-7-10-14-29)18-17-31(33)23-34(40)26-41(48)39-22-21-38(47(39)43)30-15-11-8-12-16-30/h7-16,19-26,28,32,42-44H,6,17-18,27H2,1-5H3. The molecular weight excluding hydrogens is 581 g/mol. The predicted molar refractivity (Wildman–Crippen MR) is 201 cm³/mol. The highest BCUT2D eigenvalue weighted by atomic mass is 15.3. The summed E-state index contributed by atoms with van der Waals surface area (Å²) in [4.78, 5) is 0. The van der Waals surface area contributed by atoms with Gasteiger partial charge in [-0.1, -0.05) is 114 Å². The van der Waals surface area contributed by atoms with Crippen LogP contribution in [0.2, 0.25) is 0 Å². The monoisotopic (exact) mass is 626 g/mol. The van der Waals surface area contributed by atoms with Gasteiger partial charge in [-0.25, -0.2) is 0 Å². The number of rotatable bonds is 3. The van der Waals surface area contributed by atoms with Crippen LogP contribution in [0.15, 0.2) is 114 Å². The smallest absolute Gasteiger partial charge is 0.0662 e. The van der Waals surface area contributed by atoms with Gasteiger partial charge in [0.15, 0.2) is 0 Å². The Kier molecular flexibility index (Phi) is 5.90. The summed E-state index contributed by atoms with van der Waals surface area (Å²) >= 11 is 0. The van der Waals surface area contributed by atoms with Gasteiger partial charge in [0.2, 0.25) is 0 Å². The Morgan fingerprint density at radius 1 is 0.708 bits per heavy atom. The number of hydrogen-bond acceptors (Lipinski definition) is 0. The van der Waals surface area contributed by atoms with Crippen LogP contribution in [-0.4, -0.2) is 9.13 Å². The van der Waals surface area contributed by atoms with Crippen molar-refractivity contribution in [3.63, 3.8) is 0 Å². The minimum atomic E-state index is 0.235. The average molecular weight is 627 g/mol. The van der Waals surface area contributed by atoms with E-state index >= 15 is 0 Å². The largest absolute Gasteiger partial charge is 0.333 e. The van der Waals surface area contributed by atoms with Gasteiger partial charge < -0.3 is 9.13 Å². The highest BCUT2D eigenvalue weighted by molar-refractivity contribution is 5.92. The summed E-state index contributed by atoms with van der Waals surface area (Å²) in [7, 11) is 0. The highest BCUT2D eigenvalue weighted by Gasteiger charge is 2.65. The highest BCUT2D eigenvalue weighted by Crippen LogP contribution is 2.72. The molecular formula is C46H46N2. The first-order chi connectivity index (χ1) is 23.3. The van der Waals surface area contributed by atoms with E-state index in [2.05, 4.69) is 153 Å². The van der Waals surface area contributed by atoms with Gasteiger partial charge in [-0.3, -0.25) is 0 Å². The fourth-order valence-electron chi connectivity index (χ4n) is 11.1. The SMILES string of the molecule is CCC1(C)C2C1n1c(cc3cc4c(cc31)C=C1C3=CC=C(c5ccccc5)C(C)C3C(C)(C)CC1CC4)-c1ccc(-c3ccccc3)n12. The molecule has 2 nitrogen and oxygen atoms in total. The van der Waals surface area contributed by atoms with Crippen molar-refractivity contribution in [2.75, 3.05) is 0 Å². The fourth-order valence-corrected chi connectivity index (χ4v) is 11.1. The van der Waals surface area contributed by atoms with E-state index in [0.29, 0.717) is 29.8 Å². The Morgan fingerprint density at radius 2 is 1.40 bits per heavy atom. The Morgan fingerprint density at radius 3 is 2.15 bits per heavy atom. The van der Waals surface area contributed by atoms with Crippen LogP contribution in [-0.2, 0) is 6.42 Å². The molecule has 0 saturated heterocycles. The molecule has 2 saturated carbocycles. The summed E-state index contributed by atoms with van der Waals surface area (Å²) in [5, 5.41) is 1.41. The molecule has 2 fully saturated rings. The van der Waals surface area contributed by atoms with Gasteiger partial charge in [-0.05, 0) is 118 Å². The third-order valence-corrected chi connectivity index (χ3v) is 13.5. The Balaban J connectivity index is 1.13. The van der Waals surface area contributed by atoms with Crippen molar-refractivity contribution >= 4 is 22.6 Å². The minimum Gasteiger partial charge on any atom is -0.333 e. The van der Waals surface area contributed by atoms with Crippen LogP contribution in [0.25, 0.3) is 45.2 Å². The van der Waals surface area contributed by atoms with Crippen molar-refractivity contribution in [2.45, 2.75) is 72.4 Å². The molecule has 0 radical (unpaired) electrons. The number of aromatic nitrogens is 2. The van der Waals surface area contributed by atoms with E-state index in [1.165, 1.54) is 75.1 Å². The van der Waals surface area contributed by atoms with Gasteiger partial charge in [-0.15, -0.1) is 0 Å². The summed E-state index contributed by atoms with van der Waals surface area (Å²) in [5.74, 6) is 1.62. The zero-order valence-electron chi connectivity index (χ0n) is 29.0. The van der Waals surface area contributed by atoms with Crippen LogP contribution in [0.3, 0.4) is 0 Å². The Bertz CT molecular complexity index is 2220. The van der Waals surface area contributed by atoms with Crippen molar-refractivity contribution in [3.05, 3.63) is 131 Å². The second-order valence-corrected chi connectivity index (χ2v) is 16.5. The number of allylic oxidation sites excluding steroid dienone is 5. The molecule has 6 unspecified atom stereocenters. The summed E-state index contributed by atoms with van der Waals surface area (Å²) < 4.78 is 5.44. The lowest BCUT2D eigenvalue weighted by Crippen LogP contribution is -2.40. The van der Waals surface area contributed by atoms with Gasteiger partial charge in [0.25, 0.3) is 0 Å². The van der Waals surface area contributed by atoms with E-state index in [4.69, 9.17) is 0 Å². The Hall–Kier alpha value is -4.30. The molecule has 1 aliphatic heterocycles.